The van der Waals surface area contributed by atoms with E-state index in [1.54, 1.807) is 0 Å². The SMILES string of the molecule is Cc1cc(Br)cc2c1N(C(=O)C1CCOCC1)CCC2. The molecule has 1 saturated heterocycles. The summed E-state index contributed by atoms with van der Waals surface area (Å²) in [6, 6.07) is 4.26. The van der Waals surface area contributed by atoms with E-state index in [4.69, 9.17) is 4.74 Å². The standard InChI is InChI=1S/C16H20BrNO2/c1-11-9-14(17)10-13-3-2-6-18(15(11)13)16(19)12-4-7-20-8-5-12/h9-10,12H,2-8H2,1H3. The fraction of sp³-hybridized carbons (Fsp3) is 0.562. The summed E-state index contributed by atoms with van der Waals surface area (Å²) in [6.45, 7) is 4.39. The molecule has 4 heteroatoms. The summed E-state index contributed by atoms with van der Waals surface area (Å²) in [5.74, 6) is 0.428. The van der Waals surface area contributed by atoms with Crippen LogP contribution in [0.25, 0.3) is 0 Å². The van der Waals surface area contributed by atoms with E-state index < -0.39 is 0 Å². The largest absolute Gasteiger partial charge is 0.381 e. The lowest BCUT2D eigenvalue weighted by Gasteiger charge is -2.35. The predicted molar refractivity (Wildman–Crippen MR) is 83.1 cm³/mol. The highest BCUT2D eigenvalue weighted by atomic mass is 79.9. The Morgan fingerprint density at radius 3 is 2.85 bits per heavy atom. The van der Waals surface area contributed by atoms with Crippen LogP contribution in [-0.2, 0) is 16.0 Å². The number of hydrogen-bond donors (Lipinski definition) is 0. The minimum atomic E-state index is 0.137. The van der Waals surface area contributed by atoms with Gasteiger partial charge in [-0.05, 0) is 55.9 Å². The van der Waals surface area contributed by atoms with E-state index in [0.717, 1.165) is 55.6 Å². The molecule has 20 heavy (non-hydrogen) atoms. The number of amides is 1. The number of anilines is 1. The van der Waals surface area contributed by atoms with Gasteiger partial charge in [0.2, 0.25) is 5.91 Å². The van der Waals surface area contributed by atoms with E-state index >= 15 is 0 Å². The Labute approximate surface area is 128 Å². The van der Waals surface area contributed by atoms with Gasteiger partial charge >= 0.3 is 0 Å². The van der Waals surface area contributed by atoms with Crippen LogP contribution in [0.1, 0.15) is 30.4 Å². The highest BCUT2D eigenvalue weighted by Gasteiger charge is 2.30. The Morgan fingerprint density at radius 1 is 1.35 bits per heavy atom. The molecule has 108 valence electrons. The van der Waals surface area contributed by atoms with E-state index in [9.17, 15) is 4.79 Å². The van der Waals surface area contributed by atoms with Crippen LogP contribution in [-0.4, -0.2) is 25.7 Å². The topological polar surface area (TPSA) is 29.5 Å². The highest BCUT2D eigenvalue weighted by molar-refractivity contribution is 9.10. The third-order valence-corrected chi connectivity index (χ3v) is 4.74. The molecule has 0 saturated carbocycles. The third-order valence-electron chi connectivity index (χ3n) is 4.28. The average Bonchev–Trinajstić information content (AvgIpc) is 2.46. The molecule has 0 bridgehead atoms. The van der Waals surface area contributed by atoms with Crippen LogP contribution in [0.2, 0.25) is 0 Å². The van der Waals surface area contributed by atoms with Gasteiger partial charge in [0.1, 0.15) is 0 Å². The highest BCUT2D eigenvalue weighted by Crippen LogP contribution is 2.35. The molecule has 0 aromatic heterocycles. The summed E-state index contributed by atoms with van der Waals surface area (Å²) >= 11 is 3.55. The van der Waals surface area contributed by atoms with E-state index in [-0.39, 0.29) is 5.92 Å². The van der Waals surface area contributed by atoms with Crippen LogP contribution in [0.3, 0.4) is 0 Å². The Kier molecular flexibility index (Phi) is 4.13. The van der Waals surface area contributed by atoms with Gasteiger partial charge in [0.05, 0.1) is 0 Å². The lowest BCUT2D eigenvalue weighted by atomic mass is 9.94. The Hall–Kier alpha value is -0.870. The molecule has 2 aliphatic heterocycles. The van der Waals surface area contributed by atoms with Gasteiger partial charge in [-0.15, -0.1) is 0 Å². The van der Waals surface area contributed by atoms with Gasteiger partial charge in [-0.2, -0.15) is 0 Å². The van der Waals surface area contributed by atoms with Crippen molar-refractivity contribution in [3.8, 4) is 0 Å². The van der Waals surface area contributed by atoms with Crippen LogP contribution in [0.4, 0.5) is 5.69 Å². The molecule has 0 atom stereocenters. The van der Waals surface area contributed by atoms with Crippen LogP contribution < -0.4 is 4.90 Å². The van der Waals surface area contributed by atoms with Crippen LogP contribution in [0, 0.1) is 12.8 Å². The summed E-state index contributed by atoms with van der Waals surface area (Å²) in [6.07, 6.45) is 3.84. The smallest absolute Gasteiger partial charge is 0.230 e. The molecule has 1 aromatic carbocycles. The van der Waals surface area contributed by atoms with E-state index in [1.807, 2.05) is 4.90 Å². The van der Waals surface area contributed by atoms with Gasteiger partial charge in [-0.3, -0.25) is 4.79 Å². The van der Waals surface area contributed by atoms with E-state index in [1.165, 1.54) is 11.1 Å². The first-order valence-electron chi connectivity index (χ1n) is 7.35. The Morgan fingerprint density at radius 2 is 2.10 bits per heavy atom. The number of aryl methyl sites for hydroxylation is 2. The molecule has 3 nitrogen and oxygen atoms in total. The molecule has 1 aromatic rings. The van der Waals surface area contributed by atoms with Crippen molar-refractivity contribution >= 4 is 27.5 Å². The fourth-order valence-corrected chi connectivity index (χ4v) is 3.93. The van der Waals surface area contributed by atoms with Crippen molar-refractivity contribution in [1.29, 1.82) is 0 Å². The van der Waals surface area contributed by atoms with Crippen molar-refractivity contribution in [3.05, 3.63) is 27.7 Å². The number of carbonyl (C=O) groups excluding carboxylic acids is 1. The number of benzene rings is 1. The molecular weight excluding hydrogens is 318 g/mol. The zero-order valence-electron chi connectivity index (χ0n) is 11.8. The van der Waals surface area contributed by atoms with Crippen LogP contribution in [0.15, 0.2) is 16.6 Å². The molecule has 2 aliphatic rings. The van der Waals surface area contributed by atoms with Gasteiger partial charge < -0.3 is 9.64 Å². The molecule has 0 N–H and O–H groups in total. The number of hydrogen-bond acceptors (Lipinski definition) is 2. The van der Waals surface area contributed by atoms with Gasteiger partial charge in [0.25, 0.3) is 0 Å². The second-order valence-corrected chi connectivity index (χ2v) is 6.63. The molecular formula is C16H20BrNO2. The van der Waals surface area contributed by atoms with Crippen molar-refractivity contribution in [3.63, 3.8) is 0 Å². The summed E-state index contributed by atoms with van der Waals surface area (Å²) < 4.78 is 6.47. The number of nitrogens with zero attached hydrogens (tertiary/aromatic N) is 1. The molecule has 0 radical (unpaired) electrons. The molecule has 0 unspecified atom stereocenters. The second kappa shape index (κ2) is 5.86. The van der Waals surface area contributed by atoms with E-state index in [2.05, 4.69) is 35.0 Å². The monoisotopic (exact) mass is 337 g/mol. The number of ether oxygens (including phenoxy) is 1. The number of rotatable bonds is 1. The lowest BCUT2D eigenvalue weighted by molar-refractivity contribution is -0.125. The van der Waals surface area contributed by atoms with Gasteiger partial charge in [-0.25, -0.2) is 0 Å². The van der Waals surface area contributed by atoms with Gasteiger partial charge in [0, 0.05) is 35.8 Å². The molecule has 3 rings (SSSR count). The van der Waals surface area contributed by atoms with Crippen molar-refractivity contribution < 1.29 is 9.53 Å². The normalized spacial score (nSPS) is 19.8. The minimum Gasteiger partial charge on any atom is -0.381 e. The zero-order valence-corrected chi connectivity index (χ0v) is 13.4. The van der Waals surface area contributed by atoms with Crippen molar-refractivity contribution in [1.82, 2.24) is 0 Å². The first-order chi connectivity index (χ1) is 9.66. The zero-order chi connectivity index (χ0) is 14.1. The lowest BCUT2D eigenvalue weighted by Crippen LogP contribution is -2.41. The van der Waals surface area contributed by atoms with Gasteiger partial charge in [-0.1, -0.05) is 15.9 Å². The Bertz CT molecular complexity index is 523. The van der Waals surface area contributed by atoms with Crippen LogP contribution in [0.5, 0.6) is 0 Å². The van der Waals surface area contributed by atoms with E-state index in [0.29, 0.717) is 5.91 Å². The number of fused-ring (bicyclic) bond motifs is 1. The predicted octanol–water partition coefficient (Wildman–Crippen LogP) is 3.46. The maximum Gasteiger partial charge on any atom is 0.230 e. The molecule has 0 aliphatic carbocycles. The maximum absolute atomic E-state index is 12.8. The van der Waals surface area contributed by atoms with Crippen molar-refractivity contribution in [2.24, 2.45) is 5.92 Å². The summed E-state index contributed by atoms with van der Waals surface area (Å²) in [5, 5.41) is 0. The quantitative estimate of drug-likeness (QED) is 0.785. The maximum atomic E-state index is 12.8. The number of carbonyl (C=O) groups is 1. The van der Waals surface area contributed by atoms with Crippen molar-refractivity contribution in [2.75, 3.05) is 24.7 Å². The van der Waals surface area contributed by atoms with Crippen LogP contribution >= 0.6 is 15.9 Å². The number of halogens is 1. The third kappa shape index (κ3) is 2.63. The molecule has 1 fully saturated rings. The second-order valence-electron chi connectivity index (χ2n) is 5.71. The fourth-order valence-electron chi connectivity index (χ4n) is 3.31. The first kappa shape index (κ1) is 14.1. The summed E-state index contributed by atoms with van der Waals surface area (Å²) in [7, 11) is 0. The Balaban J connectivity index is 1.91. The minimum absolute atomic E-state index is 0.137. The van der Waals surface area contributed by atoms with Crippen molar-refractivity contribution in [2.45, 2.75) is 32.6 Å². The first-order valence-corrected chi connectivity index (χ1v) is 8.14. The van der Waals surface area contributed by atoms with Gasteiger partial charge in [0.15, 0.2) is 0 Å². The summed E-state index contributed by atoms with van der Waals surface area (Å²) in [4.78, 5) is 14.8. The molecule has 0 spiro atoms. The molecule has 2 heterocycles. The summed E-state index contributed by atoms with van der Waals surface area (Å²) in [5.41, 5.74) is 3.63. The molecule has 1 amide bonds. The average molecular weight is 338 g/mol.